The lowest BCUT2D eigenvalue weighted by atomic mass is 9.90. The maximum atomic E-state index is 13.5. The molecule has 44 heavy (non-hydrogen) atoms. The Labute approximate surface area is 257 Å². The quantitative estimate of drug-likeness (QED) is 0.324. The van der Waals surface area contributed by atoms with Gasteiger partial charge in [-0.05, 0) is 79.8 Å². The number of nitrogens with zero attached hydrogens (tertiary/aromatic N) is 4. The molecule has 7 rings (SSSR count). The summed E-state index contributed by atoms with van der Waals surface area (Å²) in [6, 6.07) is 20.9. The molecule has 1 saturated carbocycles. The Morgan fingerprint density at radius 3 is 2.48 bits per heavy atom. The van der Waals surface area contributed by atoms with Crippen molar-refractivity contribution in [1.29, 1.82) is 0 Å². The molecule has 1 aliphatic carbocycles. The first-order chi connectivity index (χ1) is 21.4. The lowest BCUT2D eigenvalue weighted by Gasteiger charge is -2.32. The van der Waals surface area contributed by atoms with Gasteiger partial charge < -0.3 is 19.9 Å². The van der Waals surface area contributed by atoms with Crippen LogP contribution in [-0.2, 0) is 20.7 Å². The van der Waals surface area contributed by atoms with Gasteiger partial charge in [0.15, 0.2) is 0 Å². The number of ether oxygens (including phenoxy) is 1. The van der Waals surface area contributed by atoms with E-state index in [2.05, 4.69) is 22.2 Å². The van der Waals surface area contributed by atoms with Gasteiger partial charge in [-0.2, -0.15) is 0 Å². The van der Waals surface area contributed by atoms with Gasteiger partial charge in [0, 0.05) is 44.1 Å². The zero-order chi connectivity index (χ0) is 30.2. The van der Waals surface area contributed by atoms with Crippen LogP contribution >= 0.6 is 0 Å². The summed E-state index contributed by atoms with van der Waals surface area (Å²) in [5.41, 5.74) is 6.05. The molecule has 1 saturated heterocycles. The monoisotopic (exact) mass is 591 g/mol. The largest absolute Gasteiger partial charge is 0.459 e. The van der Waals surface area contributed by atoms with E-state index < -0.39 is 5.92 Å². The topological polar surface area (TPSA) is 94.5 Å². The van der Waals surface area contributed by atoms with Gasteiger partial charge in [0.25, 0.3) is 0 Å². The molecule has 0 bridgehead atoms. The molecule has 3 aromatic carbocycles. The van der Waals surface area contributed by atoms with E-state index in [9.17, 15) is 14.4 Å². The summed E-state index contributed by atoms with van der Waals surface area (Å²) in [5.74, 6) is -1.06. The molecule has 1 unspecified atom stereocenters. The highest BCUT2D eigenvalue weighted by Crippen LogP contribution is 2.38. The summed E-state index contributed by atoms with van der Waals surface area (Å²) in [6.45, 7) is 4.86. The Bertz CT molecular complexity index is 1630. The summed E-state index contributed by atoms with van der Waals surface area (Å²) in [5, 5.41) is 2.98. The summed E-state index contributed by atoms with van der Waals surface area (Å²) < 4.78 is 5.58. The number of rotatable bonds is 7. The van der Waals surface area contributed by atoms with Gasteiger partial charge in [0.05, 0.1) is 23.5 Å². The number of nitrogens with one attached hydrogen (secondary N) is 1. The van der Waals surface area contributed by atoms with E-state index in [1.165, 1.54) is 0 Å². The maximum absolute atomic E-state index is 13.5. The summed E-state index contributed by atoms with van der Waals surface area (Å²) in [7, 11) is 2.11. The van der Waals surface area contributed by atoms with Crippen molar-refractivity contribution in [3.05, 3.63) is 89.0 Å². The standard InChI is InChI=1S/C35H37N5O4/c1-38-16-18-39(19-17-38)22-31(41)40-15-14-24-20-26(11-13-30(24)40)36-33(23-6-3-2-4-7-23)32-28-12-10-25(21-29(28)37-34(32)42)35(43)44-27-8-5-9-27/h2-4,6-7,10-13,20-21,27,32H,5,8-9,14-19,22H2,1H3,(H,37,42). The number of hydrogen-bond donors (Lipinski definition) is 1. The van der Waals surface area contributed by atoms with Crippen molar-refractivity contribution in [2.75, 3.05) is 56.5 Å². The number of fused-ring (bicyclic) bond motifs is 2. The molecule has 2 fully saturated rings. The van der Waals surface area contributed by atoms with Crippen molar-refractivity contribution in [2.45, 2.75) is 37.7 Å². The fraction of sp³-hybridized carbons (Fsp3) is 0.371. The van der Waals surface area contributed by atoms with E-state index in [-0.39, 0.29) is 23.9 Å². The smallest absolute Gasteiger partial charge is 0.338 e. The Balaban J connectivity index is 1.15. The third-order valence-corrected chi connectivity index (χ3v) is 9.25. The van der Waals surface area contributed by atoms with Crippen LogP contribution in [0.3, 0.4) is 0 Å². The summed E-state index contributed by atoms with van der Waals surface area (Å²) in [4.78, 5) is 50.9. The number of aliphatic imine (C=N–C) groups is 1. The van der Waals surface area contributed by atoms with Crippen molar-refractivity contribution in [1.82, 2.24) is 9.80 Å². The number of benzene rings is 3. The number of carbonyl (C=O) groups excluding carboxylic acids is 3. The molecule has 226 valence electrons. The fourth-order valence-electron chi connectivity index (χ4n) is 6.41. The van der Waals surface area contributed by atoms with Crippen molar-refractivity contribution < 1.29 is 19.1 Å². The molecule has 0 spiro atoms. The van der Waals surface area contributed by atoms with Crippen LogP contribution in [0.4, 0.5) is 17.1 Å². The molecule has 1 N–H and O–H groups in total. The van der Waals surface area contributed by atoms with Crippen molar-refractivity contribution in [3.63, 3.8) is 0 Å². The van der Waals surface area contributed by atoms with Gasteiger partial charge >= 0.3 is 5.97 Å². The fourth-order valence-corrected chi connectivity index (χ4v) is 6.41. The van der Waals surface area contributed by atoms with Gasteiger partial charge in [-0.25, -0.2) is 4.79 Å². The number of amides is 2. The minimum Gasteiger partial charge on any atom is -0.459 e. The van der Waals surface area contributed by atoms with Crippen LogP contribution in [0.1, 0.15) is 52.2 Å². The first-order valence-electron chi connectivity index (χ1n) is 15.6. The molecule has 9 heteroatoms. The normalized spacial score (nSPS) is 20.6. The van der Waals surface area contributed by atoms with Crippen LogP contribution in [0, 0.1) is 0 Å². The predicted octanol–water partition coefficient (Wildman–Crippen LogP) is 4.39. The van der Waals surface area contributed by atoms with E-state index >= 15 is 0 Å². The zero-order valence-electron chi connectivity index (χ0n) is 25.0. The zero-order valence-corrected chi connectivity index (χ0v) is 25.0. The van der Waals surface area contributed by atoms with Gasteiger partial charge in [-0.3, -0.25) is 19.5 Å². The van der Waals surface area contributed by atoms with Crippen molar-refractivity contribution in [2.24, 2.45) is 4.99 Å². The number of piperazine rings is 1. The Hall–Kier alpha value is -4.34. The van der Waals surface area contributed by atoms with Crippen LogP contribution in [0.25, 0.3) is 0 Å². The average molecular weight is 592 g/mol. The molecular weight excluding hydrogens is 554 g/mol. The van der Waals surface area contributed by atoms with Gasteiger partial charge in [-0.1, -0.05) is 36.4 Å². The number of likely N-dealkylation sites (N-methyl/N-ethyl adjacent to an activating group) is 1. The second kappa shape index (κ2) is 12.0. The second-order valence-corrected chi connectivity index (χ2v) is 12.2. The molecule has 0 aromatic heterocycles. The highest BCUT2D eigenvalue weighted by molar-refractivity contribution is 6.24. The average Bonchev–Trinajstić information content (AvgIpc) is 3.58. The number of anilines is 2. The molecule has 4 aliphatic rings. The van der Waals surface area contributed by atoms with Crippen molar-refractivity contribution >= 4 is 40.6 Å². The van der Waals surface area contributed by atoms with E-state index in [0.29, 0.717) is 30.1 Å². The maximum Gasteiger partial charge on any atom is 0.338 e. The molecule has 3 heterocycles. The minimum atomic E-state index is -0.640. The van der Waals surface area contributed by atoms with Crippen LogP contribution in [0.5, 0.6) is 0 Å². The lowest BCUT2D eigenvalue weighted by molar-refractivity contribution is -0.120. The van der Waals surface area contributed by atoms with E-state index in [1.807, 2.05) is 59.5 Å². The molecule has 1 atom stereocenters. The Morgan fingerprint density at radius 2 is 1.73 bits per heavy atom. The molecular formula is C35H37N5O4. The Morgan fingerprint density at radius 1 is 0.932 bits per heavy atom. The van der Waals surface area contributed by atoms with Gasteiger partial charge in [-0.15, -0.1) is 0 Å². The summed E-state index contributed by atoms with van der Waals surface area (Å²) >= 11 is 0. The van der Waals surface area contributed by atoms with Gasteiger partial charge in [0.2, 0.25) is 11.8 Å². The molecule has 3 aliphatic heterocycles. The second-order valence-electron chi connectivity index (χ2n) is 12.2. The first kappa shape index (κ1) is 28.4. The molecule has 9 nitrogen and oxygen atoms in total. The predicted molar refractivity (Wildman–Crippen MR) is 170 cm³/mol. The first-order valence-corrected chi connectivity index (χ1v) is 15.6. The molecule has 0 radical (unpaired) electrons. The van der Waals surface area contributed by atoms with Gasteiger partial charge in [0.1, 0.15) is 12.0 Å². The summed E-state index contributed by atoms with van der Waals surface area (Å²) in [6.07, 6.45) is 3.64. The highest BCUT2D eigenvalue weighted by atomic mass is 16.5. The third kappa shape index (κ3) is 5.65. The van der Waals surface area contributed by atoms with E-state index in [1.54, 1.807) is 12.1 Å². The van der Waals surface area contributed by atoms with Crippen molar-refractivity contribution in [3.8, 4) is 0 Å². The third-order valence-electron chi connectivity index (χ3n) is 9.25. The lowest BCUT2D eigenvalue weighted by Crippen LogP contribution is -2.48. The van der Waals surface area contributed by atoms with E-state index in [0.717, 1.165) is 79.9 Å². The number of carbonyl (C=O) groups is 3. The van der Waals surface area contributed by atoms with E-state index in [4.69, 9.17) is 9.73 Å². The molecule has 3 aromatic rings. The SMILES string of the molecule is CN1CCN(CC(=O)N2CCc3cc(N=C(c4ccccc4)C4C(=O)Nc5cc(C(=O)OC6CCC6)ccc54)ccc32)CC1. The number of esters is 1. The van der Waals surface area contributed by atoms with Crippen LogP contribution in [0.15, 0.2) is 71.7 Å². The van der Waals surface area contributed by atoms with Crippen LogP contribution in [-0.4, -0.2) is 85.7 Å². The highest BCUT2D eigenvalue weighted by Gasteiger charge is 2.36. The van der Waals surface area contributed by atoms with Crippen LogP contribution in [0.2, 0.25) is 0 Å². The Kier molecular flexibility index (Phi) is 7.74. The number of hydrogen-bond acceptors (Lipinski definition) is 7. The minimum absolute atomic E-state index is 0.00983. The van der Waals surface area contributed by atoms with Crippen LogP contribution < -0.4 is 10.2 Å². The molecule has 2 amide bonds.